The number of esters is 1. The molecule has 7 nitrogen and oxygen atoms in total. The lowest BCUT2D eigenvalue weighted by atomic mass is 9.81. The number of para-hydroxylation sites is 1. The Hall–Kier alpha value is -4.26. The second kappa shape index (κ2) is 9.56. The van der Waals surface area contributed by atoms with E-state index < -0.39 is 17.9 Å². The van der Waals surface area contributed by atoms with Crippen molar-refractivity contribution in [1.82, 2.24) is 0 Å². The third-order valence-corrected chi connectivity index (χ3v) is 8.23. The zero-order valence-corrected chi connectivity index (χ0v) is 20.9. The topological polar surface area (TPSA) is 90.0 Å². The summed E-state index contributed by atoms with van der Waals surface area (Å²) in [6.07, 6.45) is 1.64. The van der Waals surface area contributed by atoms with Crippen LogP contribution >= 0.6 is 0 Å². The number of nitrogens with zero attached hydrogens (tertiary/aromatic N) is 1. The van der Waals surface area contributed by atoms with Crippen LogP contribution in [0.1, 0.15) is 51.6 Å². The molecule has 0 N–H and O–H groups in total. The van der Waals surface area contributed by atoms with Gasteiger partial charge in [-0.15, -0.1) is 0 Å². The molecule has 7 heteroatoms. The standard InChI is InChI=1S/C31H27NO6/c1-37-22-15-13-18(14-16-22)27(33)28(19-7-3-2-4-8-19)38-31(36)23-9-5-6-10-24(23)32-29(34)25-20-11-12-21(17-20)26(25)30(32)35/h2-10,13-16,20-21,25-26,28H,11-12,17H2,1H3/t20-,21-,25-,26-,28-/m0/s1. The molecule has 1 aliphatic heterocycles. The van der Waals surface area contributed by atoms with Crippen LogP contribution in [-0.2, 0) is 14.3 Å². The predicted molar refractivity (Wildman–Crippen MR) is 139 cm³/mol. The van der Waals surface area contributed by atoms with Gasteiger partial charge in [0.25, 0.3) is 0 Å². The minimum Gasteiger partial charge on any atom is -0.497 e. The first-order valence-corrected chi connectivity index (χ1v) is 12.9. The van der Waals surface area contributed by atoms with E-state index >= 15 is 0 Å². The number of methoxy groups -OCH3 is 1. The Morgan fingerprint density at radius 2 is 1.42 bits per heavy atom. The second-order valence-electron chi connectivity index (χ2n) is 10.2. The van der Waals surface area contributed by atoms with Crippen LogP contribution in [0.3, 0.4) is 0 Å². The van der Waals surface area contributed by atoms with Crippen molar-refractivity contribution in [3.05, 3.63) is 95.6 Å². The fourth-order valence-electron chi connectivity index (χ4n) is 6.47. The van der Waals surface area contributed by atoms with Crippen molar-refractivity contribution in [1.29, 1.82) is 0 Å². The number of hydrogen-bond acceptors (Lipinski definition) is 6. The molecular formula is C31H27NO6. The van der Waals surface area contributed by atoms with Crippen molar-refractivity contribution in [2.75, 3.05) is 12.0 Å². The van der Waals surface area contributed by atoms with Crippen LogP contribution in [0.2, 0.25) is 0 Å². The summed E-state index contributed by atoms with van der Waals surface area (Å²) in [5.41, 5.74) is 1.16. The third-order valence-electron chi connectivity index (χ3n) is 8.23. The van der Waals surface area contributed by atoms with Crippen LogP contribution in [0, 0.1) is 23.7 Å². The first-order valence-electron chi connectivity index (χ1n) is 12.9. The number of rotatable bonds is 7. The summed E-state index contributed by atoms with van der Waals surface area (Å²) < 4.78 is 11.0. The van der Waals surface area contributed by atoms with Crippen molar-refractivity contribution in [2.45, 2.75) is 25.4 Å². The average molecular weight is 510 g/mol. The Labute approximate surface area is 220 Å². The van der Waals surface area contributed by atoms with E-state index in [2.05, 4.69) is 0 Å². The van der Waals surface area contributed by atoms with E-state index in [1.54, 1.807) is 66.7 Å². The van der Waals surface area contributed by atoms with Gasteiger partial charge in [0.15, 0.2) is 6.10 Å². The lowest BCUT2D eigenvalue weighted by Gasteiger charge is -2.22. The van der Waals surface area contributed by atoms with Gasteiger partial charge >= 0.3 is 5.97 Å². The molecule has 3 fully saturated rings. The maximum Gasteiger partial charge on any atom is 0.341 e. The molecule has 0 radical (unpaired) electrons. The van der Waals surface area contributed by atoms with Gasteiger partial charge in [-0.05, 0) is 67.5 Å². The highest BCUT2D eigenvalue weighted by Gasteiger charge is 2.61. The third kappa shape index (κ3) is 3.90. The van der Waals surface area contributed by atoms with E-state index in [0.717, 1.165) is 19.3 Å². The second-order valence-corrected chi connectivity index (χ2v) is 10.2. The Morgan fingerprint density at radius 1 is 0.816 bits per heavy atom. The highest BCUT2D eigenvalue weighted by Crippen LogP contribution is 2.56. The number of ether oxygens (including phenoxy) is 2. The zero-order valence-electron chi connectivity index (χ0n) is 20.9. The number of Topliss-reactive ketones (excluding diaryl/α,β-unsaturated/α-hetero) is 1. The number of anilines is 1. The zero-order chi connectivity index (χ0) is 26.4. The molecular weight excluding hydrogens is 482 g/mol. The Morgan fingerprint density at radius 3 is 2.05 bits per heavy atom. The van der Waals surface area contributed by atoms with Gasteiger partial charge in [0, 0.05) is 11.1 Å². The molecule has 0 aromatic heterocycles. The highest BCUT2D eigenvalue weighted by molar-refractivity contribution is 6.24. The smallest absolute Gasteiger partial charge is 0.341 e. The summed E-state index contributed by atoms with van der Waals surface area (Å²) >= 11 is 0. The minimum absolute atomic E-state index is 0.0741. The van der Waals surface area contributed by atoms with Gasteiger partial charge in [-0.1, -0.05) is 42.5 Å². The molecule has 2 bridgehead atoms. The number of fused-ring (bicyclic) bond motifs is 5. The SMILES string of the molecule is COc1ccc(C(=O)[C@@H](OC(=O)c2ccccc2N2C(=O)[C@H]3[C@H]4CC[C@@H](C4)[C@@H]3C2=O)c2ccccc2)cc1. The summed E-state index contributed by atoms with van der Waals surface area (Å²) in [6, 6.07) is 21.8. The number of benzene rings is 3. The van der Waals surface area contributed by atoms with E-state index in [9.17, 15) is 19.2 Å². The lowest BCUT2D eigenvalue weighted by molar-refractivity contribution is -0.123. The van der Waals surface area contributed by atoms with E-state index in [1.165, 1.54) is 18.1 Å². The molecule has 3 aromatic rings. The molecule has 2 amide bonds. The minimum atomic E-state index is -1.22. The molecule has 2 saturated carbocycles. The predicted octanol–water partition coefficient (Wildman–Crippen LogP) is 5.01. The molecule has 0 spiro atoms. The van der Waals surface area contributed by atoms with E-state index in [-0.39, 0.29) is 46.7 Å². The van der Waals surface area contributed by atoms with Gasteiger partial charge in [0.05, 0.1) is 30.2 Å². The molecule has 5 atom stereocenters. The summed E-state index contributed by atoms with van der Waals surface area (Å²) in [7, 11) is 1.54. The summed E-state index contributed by atoms with van der Waals surface area (Å²) in [5, 5.41) is 0. The monoisotopic (exact) mass is 509 g/mol. The fourth-order valence-corrected chi connectivity index (χ4v) is 6.47. The number of hydrogen-bond donors (Lipinski definition) is 0. The molecule has 1 heterocycles. The Kier molecular flexibility index (Phi) is 6.06. The summed E-state index contributed by atoms with van der Waals surface area (Å²) in [4.78, 5) is 55.2. The van der Waals surface area contributed by atoms with Gasteiger partial charge in [0.1, 0.15) is 5.75 Å². The normalized spacial score (nSPS) is 24.3. The van der Waals surface area contributed by atoms with Crippen LogP contribution in [0.25, 0.3) is 0 Å². The summed E-state index contributed by atoms with van der Waals surface area (Å²) in [5.74, 6) is -1.20. The van der Waals surface area contributed by atoms with Crippen LogP contribution in [0.4, 0.5) is 5.69 Å². The van der Waals surface area contributed by atoms with Crippen molar-refractivity contribution in [2.24, 2.45) is 23.7 Å². The molecule has 6 rings (SSSR count). The van der Waals surface area contributed by atoms with Gasteiger partial charge in [-0.2, -0.15) is 0 Å². The average Bonchev–Trinajstić information content (AvgIpc) is 3.65. The Bertz CT molecular complexity index is 1390. The van der Waals surface area contributed by atoms with Crippen molar-refractivity contribution in [3.8, 4) is 5.75 Å². The molecule has 2 aliphatic carbocycles. The molecule has 3 aliphatic rings. The van der Waals surface area contributed by atoms with Gasteiger partial charge in [0.2, 0.25) is 17.6 Å². The first-order chi connectivity index (χ1) is 18.5. The van der Waals surface area contributed by atoms with Crippen molar-refractivity contribution in [3.63, 3.8) is 0 Å². The van der Waals surface area contributed by atoms with Gasteiger partial charge in [-0.25, -0.2) is 9.69 Å². The number of amides is 2. The van der Waals surface area contributed by atoms with Crippen LogP contribution in [0.5, 0.6) is 5.75 Å². The Balaban J connectivity index is 1.32. The highest BCUT2D eigenvalue weighted by atomic mass is 16.5. The molecule has 3 aromatic carbocycles. The maximum absolute atomic E-state index is 13.6. The summed E-state index contributed by atoms with van der Waals surface area (Å²) in [6.45, 7) is 0. The van der Waals surface area contributed by atoms with E-state index in [0.29, 0.717) is 16.9 Å². The molecule has 0 unspecified atom stereocenters. The molecule has 38 heavy (non-hydrogen) atoms. The van der Waals surface area contributed by atoms with Crippen molar-refractivity contribution >= 4 is 29.3 Å². The number of carbonyl (C=O) groups excluding carboxylic acids is 4. The molecule has 192 valence electrons. The largest absolute Gasteiger partial charge is 0.497 e. The van der Waals surface area contributed by atoms with Gasteiger partial charge < -0.3 is 9.47 Å². The number of ketones is 1. The maximum atomic E-state index is 13.6. The van der Waals surface area contributed by atoms with Crippen LogP contribution in [0.15, 0.2) is 78.9 Å². The van der Waals surface area contributed by atoms with Gasteiger partial charge in [-0.3, -0.25) is 14.4 Å². The fraction of sp³-hybridized carbons (Fsp3) is 0.290. The number of imide groups is 1. The van der Waals surface area contributed by atoms with E-state index in [4.69, 9.17) is 9.47 Å². The van der Waals surface area contributed by atoms with Crippen LogP contribution in [-0.4, -0.2) is 30.7 Å². The first kappa shape index (κ1) is 24.1. The quantitative estimate of drug-likeness (QED) is 0.253. The van der Waals surface area contributed by atoms with Crippen molar-refractivity contribution < 1.29 is 28.7 Å². The van der Waals surface area contributed by atoms with Crippen LogP contribution < -0.4 is 9.64 Å². The number of carbonyl (C=O) groups is 4. The molecule has 1 saturated heterocycles. The lowest BCUT2D eigenvalue weighted by Crippen LogP contribution is -2.34. The van der Waals surface area contributed by atoms with E-state index in [1.807, 2.05) is 6.07 Å².